The van der Waals surface area contributed by atoms with Crippen LogP contribution in [-0.2, 0) is 11.9 Å². The van der Waals surface area contributed by atoms with Gasteiger partial charge in [-0.25, -0.2) is 0 Å². The molecule has 4 aliphatic carbocycles. The van der Waals surface area contributed by atoms with Crippen molar-refractivity contribution in [2.45, 2.75) is 113 Å². The molecule has 0 unspecified atom stereocenters. The molecular formula is C33H44Cl2PRu-3. The van der Waals surface area contributed by atoms with Crippen molar-refractivity contribution in [2.24, 2.45) is 0 Å². The summed E-state index contributed by atoms with van der Waals surface area (Å²) in [6.45, 7) is 0. The van der Waals surface area contributed by atoms with Crippen molar-refractivity contribution in [3.8, 4) is 0 Å². The van der Waals surface area contributed by atoms with Crippen LogP contribution >= 0.6 is 25.0 Å². The SMILES string of the molecule is [Cl][Ru-3]([Cl])(=[C]1C=C(c2ccccc2)c2ccccc21)[PH](C1CCCCC1)(C1CCCCC1)C1CCCCC1. The maximum absolute atomic E-state index is 8.36. The molecule has 3 saturated carbocycles. The van der Waals surface area contributed by atoms with Crippen molar-refractivity contribution in [3.05, 3.63) is 77.4 Å². The first-order valence-electron chi connectivity index (χ1n) is 15.0. The zero-order valence-electron chi connectivity index (χ0n) is 22.2. The zero-order chi connectivity index (χ0) is 25.3. The van der Waals surface area contributed by atoms with Crippen LogP contribution in [0.2, 0.25) is 0 Å². The summed E-state index contributed by atoms with van der Waals surface area (Å²) in [7, 11) is 16.7. The van der Waals surface area contributed by atoms with Gasteiger partial charge in [0.25, 0.3) is 0 Å². The van der Waals surface area contributed by atoms with Gasteiger partial charge in [-0.3, -0.25) is 0 Å². The summed E-state index contributed by atoms with van der Waals surface area (Å²) in [4.78, 5) is 0. The Hall–Kier alpha value is -0.317. The molecule has 0 aliphatic heterocycles. The molecule has 0 N–H and O–H groups in total. The van der Waals surface area contributed by atoms with Gasteiger partial charge in [0, 0.05) is 0 Å². The molecule has 0 atom stereocenters. The summed E-state index contributed by atoms with van der Waals surface area (Å²) in [5, 5.41) is 0. The molecule has 0 aromatic heterocycles. The van der Waals surface area contributed by atoms with Crippen molar-refractivity contribution in [1.82, 2.24) is 0 Å². The summed E-state index contributed by atoms with van der Waals surface area (Å²) in [6, 6.07) is 20.0. The molecule has 37 heavy (non-hydrogen) atoms. The number of hydrogen-bond donors (Lipinski definition) is 0. The molecule has 0 nitrogen and oxygen atoms in total. The van der Waals surface area contributed by atoms with Gasteiger partial charge < -0.3 is 0 Å². The van der Waals surface area contributed by atoms with E-state index in [1.807, 2.05) is 0 Å². The second kappa shape index (κ2) is 11.7. The number of hydrogen-bond acceptors (Lipinski definition) is 0. The van der Waals surface area contributed by atoms with E-state index in [9.17, 15) is 0 Å². The number of rotatable bonds is 5. The molecule has 2 aromatic carbocycles. The number of benzene rings is 2. The predicted molar refractivity (Wildman–Crippen MR) is 165 cm³/mol. The number of halogens is 2. The Labute approximate surface area is 235 Å². The van der Waals surface area contributed by atoms with Gasteiger partial charge in [-0.1, -0.05) is 0 Å². The monoisotopic (exact) mass is 643 g/mol. The first-order valence-corrected chi connectivity index (χ1v) is 25.0. The summed E-state index contributed by atoms with van der Waals surface area (Å²) in [6.07, 6.45) is 23.6. The Morgan fingerprint density at radius 1 is 0.541 bits per heavy atom. The normalized spacial score (nSPS) is 23.5. The third-order valence-electron chi connectivity index (χ3n) is 10.1. The van der Waals surface area contributed by atoms with E-state index in [0.29, 0.717) is 0 Å². The van der Waals surface area contributed by atoms with Crippen LogP contribution in [0.15, 0.2) is 60.7 Å². The van der Waals surface area contributed by atoms with E-state index in [1.165, 1.54) is 123 Å². The minimum atomic E-state index is -3.28. The first-order chi connectivity index (χ1) is 18.1. The van der Waals surface area contributed by atoms with Gasteiger partial charge in [0.05, 0.1) is 0 Å². The van der Waals surface area contributed by atoms with E-state index in [-0.39, 0.29) is 0 Å². The van der Waals surface area contributed by atoms with E-state index < -0.39 is 17.5 Å². The Kier molecular flexibility index (Phi) is 8.47. The van der Waals surface area contributed by atoms with Crippen molar-refractivity contribution in [1.29, 1.82) is 0 Å². The third-order valence-corrected chi connectivity index (χ3v) is 41.3. The molecule has 0 amide bonds. The van der Waals surface area contributed by atoms with Crippen LogP contribution in [-0.4, -0.2) is 21.1 Å². The molecule has 0 spiro atoms. The summed E-state index contributed by atoms with van der Waals surface area (Å²) in [5.41, 5.74) is 5.81. The van der Waals surface area contributed by atoms with E-state index in [2.05, 4.69) is 60.7 Å². The van der Waals surface area contributed by atoms with Crippen molar-refractivity contribution in [2.75, 3.05) is 0 Å². The van der Waals surface area contributed by atoms with Gasteiger partial charge in [0.2, 0.25) is 0 Å². The fourth-order valence-electron chi connectivity index (χ4n) is 8.56. The van der Waals surface area contributed by atoms with Crippen LogP contribution in [0.3, 0.4) is 0 Å². The maximum atomic E-state index is 8.36. The van der Waals surface area contributed by atoms with E-state index in [4.69, 9.17) is 19.4 Å². The van der Waals surface area contributed by atoms with Gasteiger partial charge in [-0.15, -0.1) is 0 Å². The number of allylic oxidation sites excluding steroid dienone is 1. The molecule has 0 saturated heterocycles. The fourth-order valence-corrected chi connectivity index (χ4v) is 46.1. The van der Waals surface area contributed by atoms with Crippen LogP contribution < -0.4 is 0 Å². The van der Waals surface area contributed by atoms with E-state index >= 15 is 0 Å². The zero-order valence-corrected chi connectivity index (χ0v) is 26.5. The molecule has 0 heterocycles. The molecule has 3 fully saturated rings. The molecule has 0 radical (unpaired) electrons. The van der Waals surface area contributed by atoms with Crippen LogP contribution in [0.25, 0.3) is 5.57 Å². The average Bonchev–Trinajstić information content (AvgIpc) is 3.36. The van der Waals surface area contributed by atoms with Gasteiger partial charge in [-0.05, 0) is 0 Å². The molecule has 6 rings (SSSR count). The van der Waals surface area contributed by atoms with Crippen LogP contribution in [0.4, 0.5) is 0 Å². The predicted octanol–water partition coefficient (Wildman–Crippen LogP) is 10.8. The second-order valence-electron chi connectivity index (χ2n) is 12.0. The van der Waals surface area contributed by atoms with Crippen molar-refractivity contribution >= 4 is 34.7 Å². The van der Waals surface area contributed by atoms with Gasteiger partial charge >= 0.3 is 237 Å². The molecule has 0 bridgehead atoms. The van der Waals surface area contributed by atoms with E-state index in [0.717, 1.165) is 17.0 Å². The van der Waals surface area contributed by atoms with Crippen molar-refractivity contribution in [3.63, 3.8) is 0 Å². The Morgan fingerprint density at radius 3 is 1.46 bits per heavy atom. The van der Waals surface area contributed by atoms with Gasteiger partial charge in [-0.2, -0.15) is 0 Å². The molecule has 2 aromatic rings. The van der Waals surface area contributed by atoms with Crippen LogP contribution in [0, 0.1) is 0 Å². The summed E-state index contributed by atoms with van der Waals surface area (Å²) in [5.74, 6) is 0. The topological polar surface area (TPSA) is 0 Å². The quantitative estimate of drug-likeness (QED) is 0.225. The first kappa shape index (κ1) is 26.9. The van der Waals surface area contributed by atoms with Gasteiger partial charge in [0.1, 0.15) is 0 Å². The number of fused-ring (bicyclic) bond motifs is 1. The van der Waals surface area contributed by atoms with E-state index in [1.54, 1.807) is 0 Å². The minimum absolute atomic E-state index is 0.836. The molecule has 4 heteroatoms. The van der Waals surface area contributed by atoms with Crippen molar-refractivity contribution < 1.29 is 11.9 Å². The Balaban J connectivity index is 1.62. The standard InChI is InChI=1S/C18H33P.C15H10.2ClH.Ru/c1-4-10-16(11-5-1)19(17-12-6-2-7-13-17)18-14-8-3-9-15-18;1-2-6-12(7-3-1)15-11-10-13-8-4-5-9-14(13)15;;;/h16-18H,1-15H2;1-9,11H;2*1H;/q;;;;-2/p-1. The van der Waals surface area contributed by atoms with Gasteiger partial charge in [0.15, 0.2) is 0 Å². The molecule has 4 aliphatic rings. The van der Waals surface area contributed by atoms with Crippen LogP contribution in [0.1, 0.15) is 113 Å². The second-order valence-corrected chi connectivity index (χ2v) is 34.9. The summed E-state index contributed by atoms with van der Waals surface area (Å²) < 4.78 is 1.42. The molecule has 206 valence electrons. The fraction of sp³-hybridized carbons (Fsp3) is 0.545. The Bertz CT molecular complexity index is 1120. The summed E-state index contributed by atoms with van der Waals surface area (Å²) >= 11 is -3.28. The average molecular weight is 644 g/mol. The Morgan fingerprint density at radius 2 is 0.973 bits per heavy atom. The van der Waals surface area contributed by atoms with Crippen LogP contribution in [0.5, 0.6) is 0 Å². The molecular weight excluding hydrogens is 599 g/mol. The third kappa shape index (κ3) is 4.82.